The van der Waals surface area contributed by atoms with Crippen LogP contribution in [0.1, 0.15) is 32.4 Å². The summed E-state index contributed by atoms with van der Waals surface area (Å²) in [4.78, 5) is 33.8. The first kappa shape index (κ1) is 18.9. The van der Waals surface area contributed by atoms with Crippen molar-refractivity contribution in [2.75, 3.05) is 5.32 Å². The summed E-state index contributed by atoms with van der Waals surface area (Å²) in [7, 11) is 0. The Kier molecular flexibility index (Phi) is 5.18. The van der Waals surface area contributed by atoms with Crippen LogP contribution in [0.25, 0.3) is 10.2 Å². The molecule has 0 aliphatic rings. The number of nitrogens with zero attached hydrogens (tertiary/aromatic N) is 1. The highest BCUT2D eigenvalue weighted by atomic mass is 32.1. The zero-order valence-electron chi connectivity index (χ0n) is 15.9. The fraction of sp³-hybridized carbons (Fsp3) is 0.190. The number of aryl methyl sites for hydroxylation is 2. The maximum atomic E-state index is 12.6. The number of hydrogen-bond acceptors (Lipinski definition) is 7. The Labute approximate surface area is 170 Å². The topological polar surface area (TPSA) is 97.2 Å². The standard InChI is InChI=1S/C21H19N3O4S/c1-12-13(2)29-20-18(12)19(25)23-17(24-20)11-28-21(26)15-7-3-4-8-16(15)22-10-14-6-5-9-27-14/h3-9,22H,10-11H2,1-2H3,(H,23,24,25). The van der Waals surface area contributed by atoms with Crippen LogP contribution in [0.2, 0.25) is 0 Å². The Hall–Kier alpha value is -3.39. The first-order valence-corrected chi connectivity index (χ1v) is 9.86. The number of ether oxygens (including phenoxy) is 1. The second-order valence-electron chi connectivity index (χ2n) is 6.53. The lowest BCUT2D eigenvalue weighted by atomic mass is 10.2. The fourth-order valence-electron chi connectivity index (χ4n) is 2.99. The van der Waals surface area contributed by atoms with Crippen LogP contribution in [0.4, 0.5) is 5.69 Å². The Balaban J connectivity index is 1.49. The number of hydrogen-bond donors (Lipinski definition) is 2. The molecule has 4 rings (SSSR count). The number of carbonyl (C=O) groups is 1. The number of H-pyrrole nitrogens is 1. The van der Waals surface area contributed by atoms with Gasteiger partial charge in [0.25, 0.3) is 5.56 Å². The molecule has 29 heavy (non-hydrogen) atoms. The zero-order valence-corrected chi connectivity index (χ0v) is 16.8. The molecule has 0 fully saturated rings. The van der Waals surface area contributed by atoms with E-state index in [4.69, 9.17) is 9.15 Å². The third-order valence-corrected chi connectivity index (χ3v) is 5.71. The highest BCUT2D eigenvalue weighted by molar-refractivity contribution is 7.18. The van der Waals surface area contributed by atoms with Crippen molar-refractivity contribution in [3.8, 4) is 0 Å². The largest absolute Gasteiger partial charge is 0.467 e. The number of aromatic amines is 1. The quantitative estimate of drug-likeness (QED) is 0.464. The minimum Gasteiger partial charge on any atom is -0.467 e. The molecular formula is C21H19N3O4S. The van der Waals surface area contributed by atoms with Crippen LogP contribution in [0.3, 0.4) is 0 Å². The van der Waals surface area contributed by atoms with E-state index in [1.54, 1.807) is 30.5 Å². The van der Waals surface area contributed by atoms with Crippen molar-refractivity contribution in [2.45, 2.75) is 27.0 Å². The Morgan fingerprint density at radius 3 is 2.86 bits per heavy atom. The highest BCUT2D eigenvalue weighted by Crippen LogP contribution is 2.26. The molecule has 3 aromatic heterocycles. The van der Waals surface area contributed by atoms with E-state index < -0.39 is 5.97 Å². The number of furan rings is 1. The number of nitrogens with one attached hydrogen (secondary N) is 2. The van der Waals surface area contributed by atoms with Crippen molar-refractivity contribution in [3.63, 3.8) is 0 Å². The second kappa shape index (κ2) is 7.92. The summed E-state index contributed by atoms with van der Waals surface area (Å²) in [6.07, 6.45) is 1.60. The molecule has 0 atom stereocenters. The molecule has 2 N–H and O–H groups in total. The minimum absolute atomic E-state index is 0.119. The van der Waals surface area contributed by atoms with E-state index in [-0.39, 0.29) is 12.2 Å². The normalized spacial score (nSPS) is 11.0. The van der Waals surface area contributed by atoms with Crippen molar-refractivity contribution in [3.05, 3.63) is 80.6 Å². The third-order valence-electron chi connectivity index (χ3n) is 4.61. The van der Waals surface area contributed by atoms with E-state index in [2.05, 4.69) is 15.3 Å². The van der Waals surface area contributed by atoms with Gasteiger partial charge in [0, 0.05) is 10.6 Å². The molecule has 0 spiro atoms. The Bertz CT molecular complexity index is 1220. The van der Waals surface area contributed by atoms with Gasteiger partial charge < -0.3 is 19.5 Å². The van der Waals surface area contributed by atoms with Crippen molar-refractivity contribution < 1.29 is 13.9 Å². The maximum absolute atomic E-state index is 12.6. The highest BCUT2D eigenvalue weighted by Gasteiger charge is 2.15. The van der Waals surface area contributed by atoms with Crippen LogP contribution in [0.5, 0.6) is 0 Å². The monoisotopic (exact) mass is 409 g/mol. The van der Waals surface area contributed by atoms with Gasteiger partial charge in [-0.1, -0.05) is 12.1 Å². The third kappa shape index (κ3) is 3.93. The molecule has 0 saturated carbocycles. The van der Waals surface area contributed by atoms with Gasteiger partial charge in [-0.15, -0.1) is 11.3 Å². The number of aromatic nitrogens is 2. The van der Waals surface area contributed by atoms with Crippen LogP contribution in [0.15, 0.2) is 51.9 Å². The van der Waals surface area contributed by atoms with E-state index in [1.165, 1.54) is 11.3 Å². The molecule has 0 bridgehead atoms. The van der Waals surface area contributed by atoms with Gasteiger partial charge in [-0.3, -0.25) is 4.79 Å². The van der Waals surface area contributed by atoms with E-state index in [0.717, 1.165) is 16.2 Å². The van der Waals surface area contributed by atoms with Crippen LogP contribution >= 0.6 is 11.3 Å². The van der Waals surface area contributed by atoms with Crippen molar-refractivity contribution in [1.29, 1.82) is 0 Å². The molecular weight excluding hydrogens is 390 g/mol. The van der Waals surface area contributed by atoms with Crippen molar-refractivity contribution in [1.82, 2.24) is 9.97 Å². The lowest BCUT2D eigenvalue weighted by Gasteiger charge is -2.11. The van der Waals surface area contributed by atoms with Crippen LogP contribution in [-0.4, -0.2) is 15.9 Å². The number of rotatable bonds is 6. The molecule has 148 valence electrons. The predicted molar refractivity (Wildman–Crippen MR) is 111 cm³/mol. The first-order valence-electron chi connectivity index (χ1n) is 9.04. The molecule has 4 aromatic rings. The molecule has 0 saturated heterocycles. The summed E-state index contributed by atoms with van der Waals surface area (Å²) >= 11 is 1.45. The first-order chi connectivity index (χ1) is 14.0. The van der Waals surface area contributed by atoms with Crippen LogP contribution < -0.4 is 10.9 Å². The molecule has 0 aliphatic carbocycles. The van der Waals surface area contributed by atoms with Crippen molar-refractivity contribution >= 4 is 33.2 Å². The molecule has 3 heterocycles. The summed E-state index contributed by atoms with van der Waals surface area (Å²) in [5.41, 5.74) is 1.74. The van der Waals surface area contributed by atoms with E-state index in [1.807, 2.05) is 26.0 Å². The molecule has 0 amide bonds. The Morgan fingerprint density at radius 2 is 2.07 bits per heavy atom. The van der Waals surface area contributed by atoms with E-state index >= 15 is 0 Å². The lowest BCUT2D eigenvalue weighted by molar-refractivity contribution is 0.0463. The predicted octanol–water partition coefficient (Wildman–Crippen LogP) is 4.16. The number of esters is 1. The zero-order chi connectivity index (χ0) is 20.4. The summed E-state index contributed by atoms with van der Waals surface area (Å²) in [5.74, 6) is 0.566. The number of anilines is 1. The van der Waals surface area contributed by atoms with Gasteiger partial charge in [-0.25, -0.2) is 9.78 Å². The number of carbonyl (C=O) groups excluding carboxylic acids is 1. The summed E-state index contributed by atoms with van der Waals surface area (Å²) in [5, 5.41) is 3.76. The number of fused-ring (bicyclic) bond motifs is 1. The molecule has 8 heteroatoms. The van der Waals surface area contributed by atoms with Gasteiger partial charge in [0.1, 0.15) is 23.0 Å². The number of para-hydroxylation sites is 1. The second-order valence-corrected chi connectivity index (χ2v) is 7.73. The average molecular weight is 409 g/mol. The maximum Gasteiger partial charge on any atom is 0.340 e. The number of thiophene rings is 1. The molecule has 0 radical (unpaired) electrons. The van der Waals surface area contributed by atoms with Crippen LogP contribution in [-0.2, 0) is 17.9 Å². The molecule has 0 aliphatic heterocycles. The van der Waals surface area contributed by atoms with E-state index in [9.17, 15) is 9.59 Å². The molecule has 0 unspecified atom stereocenters. The van der Waals surface area contributed by atoms with Crippen LogP contribution in [0, 0.1) is 13.8 Å². The lowest BCUT2D eigenvalue weighted by Crippen LogP contribution is -2.15. The van der Waals surface area contributed by atoms with Gasteiger partial charge in [0.15, 0.2) is 0 Å². The van der Waals surface area contributed by atoms with Gasteiger partial charge in [-0.2, -0.15) is 0 Å². The SMILES string of the molecule is Cc1sc2nc(COC(=O)c3ccccc3NCc3ccco3)[nH]c(=O)c2c1C. The van der Waals surface area contributed by atoms with Crippen molar-refractivity contribution in [2.24, 2.45) is 0 Å². The molecule has 1 aromatic carbocycles. The summed E-state index contributed by atoms with van der Waals surface area (Å²) in [6, 6.07) is 10.7. The summed E-state index contributed by atoms with van der Waals surface area (Å²) in [6.45, 7) is 4.18. The van der Waals surface area contributed by atoms with Gasteiger partial charge in [0.05, 0.1) is 23.8 Å². The number of benzene rings is 1. The minimum atomic E-state index is -0.506. The summed E-state index contributed by atoms with van der Waals surface area (Å²) < 4.78 is 10.7. The van der Waals surface area contributed by atoms with E-state index in [0.29, 0.717) is 33.8 Å². The van der Waals surface area contributed by atoms with Gasteiger partial charge >= 0.3 is 5.97 Å². The average Bonchev–Trinajstić information content (AvgIpc) is 3.33. The smallest absolute Gasteiger partial charge is 0.340 e. The molecule has 7 nitrogen and oxygen atoms in total. The van der Waals surface area contributed by atoms with Gasteiger partial charge in [0.2, 0.25) is 0 Å². The Morgan fingerprint density at radius 1 is 1.24 bits per heavy atom. The van der Waals surface area contributed by atoms with Gasteiger partial charge in [-0.05, 0) is 43.7 Å². The fourth-order valence-corrected chi connectivity index (χ4v) is 4.04.